The van der Waals surface area contributed by atoms with E-state index in [1.165, 1.54) is 11.2 Å². The third-order valence-electron chi connectivity index (χ3n) is 3.22. The molecule has 2 aromatic heterocycles. The van der Waals surface area contributed by atoms with Crippen LogP contribution < -0.4 is 21.9 Å². The molecule has 0 aromatic carbocycles. The predicted molar refractivity (Wildman–Crippen MR) is 92.7 cm³/mol. The number of anilines is 3. The van der Waals surface area contributed by atoms with Gasteiger partial charge in [-0.15, -0.1) is 0 Å². The first-order chi connectivity index (χ1) is 11.4. The fraction of sp³-hybridized carbons (Fsp3) is 0.250. The maximum atomic E-state index is 13.7. The van der Waals surface area contributed by atoms with Gasteiger partial charge in [0, 0.05) is 17.8 Å². The Morgan fingerprint density at radius 2 is 2.21 bits per heavy atom. The van der Waals surface area contributed by atoms with E-state index < -0.39 is 5.95 Å². The van der Waals surface area contributed by atoms with Crippen molar-refractivity contribution in [2.45, 2.75) is 26.4 Å². The normalized spacial score (nSPS) is 12.8. The Hall–Kier alpha value is -2.87. The molecule has 0 aliphatic carbocycles. The number of hydrogen-bond donors (Lipinski definition) is 4. The molecular formula is C16H21FN6O. The van der Waals surface area contributed by atoms with Crippen LogP contribution in [0.15, 0.2) is 42.3 Å². The van der Waals surface area contributed by atoms with Crippen molar-refractivity contribution < 1.29 is 9.50 Å². The number of nitrogens with one attached hydrogen (secondary N) is 1. The lowest BCUT2D eigenvalue weighted by Crippen LogP contribution is -2.32. The second kappa shape index (κ2) is 7.60. The zero-order chi connectivity index (χ0) is 17.7. The molecular weight excluding hydrogens is 311 g/mol. The first-order valence-corrected chi connectivity index (χ1v) is 7.39. The minimum Gasteiger partial charge on any atom is -0.513 e. The Morgan fingerprint density at radius 3 is 2.88 bits per heavy atom. The molecule has 0 bridgehead atoms. The fourth-order valence-corrected chi connectivity index (χ4v) is 2.20. The average molecular weight is 332 g/mol. The summed E-state index contributed by atoms with van der Waals surface area (Å²) in [7, 11) is 0. The topological polar surface area (TPSA) is 113 Å². The summed E-state index contributed by atoms with van der Waals surface area (Å²) < 4.78 is 13.7. The van der Waals surface area contributed by atoms with Gasteiger partial charge in [0.2, 0.25) is 5.95 Å². The van der Waals surface area contributed by atoms with Gasteiger partial charge in [-0.2, -0.15) is 4.39 Å². The van der Waals surface area contributed by atoms with E-state index in [1.54, 1.807) is 37.3 Å². The van der Waals surface area contributed by atoms with E-state index in [2.05, 4.69) is 15.3 Å². The van der Waals surface area contributed by atoms with Gasteiger partial charge in [-0.05, 0) is 38.1 Å². The quantitative estimate of drug-likeness (QED) is 0.278. The van der Waals surface area contributed by atoms with Gasteiger partial charge in [0.05, 0.1) is 18.0 Å². The second-order valence-corrected chi connectivity index (χ2v) is 5.43. The van der Waals surface area contributed by atoms with Crippen molar-refractivity contribution in [1.82, 2.24) is 9.97 Å². The lowest BCUT2D eigenvalue weighted by atomic mass is 10.2. The van der Waals surface area contributed by atoms with E-state index in [-0.39, 0.29) is 18.3 Å². The molecule has 128 valence electrons. The molecule has 0 aliphatic heterocycles. The molecule has 0 amide bonds. The maximum Gasteiger partial charge on any atom is 0.217 e. The summed E-state index contributed by atoms with van der Waals surface area (Å²) >= 11 is 0. The number of nitrogens with two attached hydrogens (primary N) is 2. The summed E-state index contributed by atoms with van der Waals surface area (Å²) in [5.41, 5.74) is 6.63. The zero-order valence-corrected chi connectivity index (χ0v) is 13.6. The molecule has 0 radical (unpaired) electrons. The first kappa shape index (κ1) is 17.5. The number of allylic oxidation sites excluding steroid dienone is 1. The molecule has 0 spiro atoms. The van der Waals surface area contributed by atoms with Crippen LogP contribution in [-0.2, 0) is 6.54 Å². The van der Waals surface area contributed by atoms with Crippen LogP contribution in [0.3, 0.4) is 0 Å². The Balaban J connectivity index is 2.18. The van der Waals surface area contributed by atoms with Crippen molar-refractivity contribution >= 4 is 17.3 Å². The molecule has 6 N–H and O–H groups in total. The van der Waals surface area contributed by atoms with E-state index in [0.717, 1.165) is 0 Å². The number of pyridine rings is 2. The van der Waals surface area contributed by atoms with E-state index in [9.17, 15) is 9.50 Å². The van der Waals surface area contributed by atoms with Crippen LogP contribution in [0, 0.1) is 5.95 Å². The summed E-state index contributed by atoms with van der Waals surface area (Å²) in [6, 6.07) is 6.45. The summed E-state index contributed by atoms with van der Waals surface area (Å²) in [5.74, 6) is 6.47. The van der Waals surface area contributed by atoms with Gasteiger partial charge in [0.1, 0.15) is 5.82 Å². The highest BCUT2D eigenvalue weighted by Crippen LogP contribution is 2.23. The van der Waals surface area contributed by atoms with Gasteiger partial charge in [0.25, 0.3) is 0 Å². The summed E-state index contributed by atoms with van der Waals surface area (Å²) in [5, 5.41) is 13.7. The molecule has 0 saturated heterocycles. The van der Waals surface area contributed by atoms with Crippen LogP contribution >= 0.6 is 0 Å². The third kappa shape index (κ3) is 4.56. The molecule has 0 fully saturated rings. The fourth-order valence-electron chi connectivity index (χ4n) is 2.20. The molecule has 8 heteroatoms. The van der Waals surface area contributed by atoms with Crippen molar-refractivity contribution in [1.29, 1.82) is 0 Å². The van der Waals surface area contributed by atoms with Gasteiger partial charge in [0.15, 0.2) is 5.82 Å². The Kier molecular flexibility index (Phi) is 5.54. The Bertz CT molecular complexity index is 732. The molecule has 2 heterocycles. The largest absolute Gasteiger partial charge is 0.513 e. The molecule has 1 atom stereocenters. The van der Waals surface area contributed by atoms with Crippen molar-refractivity contribution in [2.24, 2.45) is 5.84 Å². The van der Waals surface area contributed by atoms with E-state index >= 15 is 0 Å². The minimum absolute atomic E-state index is 0.0749. The first-order valence-electron chi connectivity index (χ1n) is 7.39. The number of hydrazine groups is 1. The maximum absolute atomic E-state index is 13.7. The lowest BCUT2D eigenvalue weighted by Gasteiger charge is -2.21. The van der Waals surface area contributed by atoms with Gasteiger partial charge in [-0.1, -0.05) is 6.07 Å². The zero-order valence-electron chi connectivity index (χ0n) is 13.6. The number of aromatic nitrogens is 2. The molecule has 2 aromatic rings. The van der Waals surface area contributed by atoms with E-state index in [1.807, 2.05) is 6.92 Å². The number of aliphatic hydroxyl groups excluding tert-OH is 1. The molecule has 2 rings (SSSR count). The standard InChI is InChI=1S/C16H21FN6O/c1-10(8-11(2)24)21-14-6-5-13(18)16(22-14)23(19)9-12-4-3-7-20-15(12)17/h3-8,10,24H,9,18-19H2,1-2H3,(H,21,22)/b11-8+. The smallest absolute Gasteiger partial charge is 0.217 e. The number of nitrogen functional groups attached to an aromatic ring is 1. The molecule has 7 nitrogen and oxygen atoms in total. The Morgan fingerprint density at radius 1 is 1.46 bits per heavy atom. The summed E-state index contributed by atoms with van der Waals surface area (Å²) in [6.45, 7) is 3.53. The van der Waals surface area contributed by atoms with Crippen LogP contribution in [0.5, 0.6) is 0 Å². The van der Waals surface area contributed by atoms with Crippen molar-refractivity contribution in [3.8, 4) is 0 Å². The third-order valence-corrected chi connectivity index (χ3v) is 3.22. The highest BCUT2D eigenvalue weighted by Gasteiger charge is 2.13. The van der Waals surface area contributed by atoms with Crippen LogP contribution in [0.25, 0.3) is 0 Å². The Labute approximate surface area is 139 Å². The number of aliphatic hydroxyl groups is 1. The molecule has 0 aliphatic rings. The van der Waals surface area contributed by atoms with Gasteiger partial charge in [-0.3, -0.25) is 5.01 Å². The minimum atomic E-state index is -0.585. The van der Waals surface area contributed by atoms with Crippen LogP contribution in [-0.4, -0.2) is 21.1 Å². The summed E-state index contributed by atoms with van der Waals surface area (Å²) in [4.78, 5) is 7.95. The van der Waals surface area contributed by atoms with Crippen molar-refractivity contribution in [3.05, 3.63) is 53.8 Å². The molecule has 1 unspecified atom stereocenters. The average Bonchev–Trinajstić information content (AvgIpc) is 2.50. The van der Waals surface area contributed by atoms with Crippen molar-refractivity contribution in [3.63, 3.8) is 0 Å². The monoisotopic (exact) mass is 332 g/mol. The molecule has 24 heavy (non-hydrogen) atoms. The summed E-state index contributed by atoms with van der Waals surface area (Å²) in [6.07, 6.45) is 3.01. The number of halogens is 1. The van der Waals surface area contributed by atoms with Crippen LogP contribution in [0.1, 0.15) is 19.4 Å². The molecule has 0 saturated carbocycles. The van der Waals surface area contributed by atoms with Gasteiger partial charge >= 0.3 is 0 Å². The van der Waals surface area contributed by atoms with E-state index in [4.69, 9.17) is 11.6 Å². The second-order valence-electron chi connectivity index (χ2n) is 5.43. The highest BCUT2D eigenvalue weighted by atomic mass is 19.1. The van der Waals surface area contributed by atoms with Gasteiger partial charge in [-0.25, -0.2) is 15.8 Å². The van der Waals surface area contributed by atoms with Crippen molar-refractivity contribution in [2.75, 3.05) is 16.1 Å². The number of rotatable bonds is 6. The number of hydrogen-bond acceptors (Lipinski definition) is 7. The van der Waals surface area contributed by atoms with Crippen LogP contribution in [0.4, 0.5) is 21.7 Å². The number of nitrogens with zero attached hydrogens (tertiary/aromatic N) is 3. The van der Waals surface area contributed by atoms with E-state index in [0.29, 0.717) is 22.9 Å². The SMILES string of the molecule is C/C(O)=C\C(C)Nc1ccc(N)c(N(N)Cc2cccnc2F)n1. The van der Waals surface area contributed by atoms with Crippen LogP contribution in [0.2, 0.25) is 0 Å². The highest BCUT2D eigenvalue weighted by molar-refractivity contribution is 5.65. The predicted octanol–water partition coefficient (Wildman–Crippen LogP) is 2.34. The lowest BCUT2D eigenvalue weighted by molar-refractivity contribution is 0.410. The van der Waals surface area contributed by atoms with Gasteiger partial charge < -0.3 is 16.2 Å².